The first-order valence-electron chi connectivity index (χ1n) is 21.3. The van der Waals surface area contributed by atoms with Gasteiger partial charge in [0.25, 0.3) is 0 Å². The summed E-state index contributed by atoms with van der Waals surface area (Å²) in [5, 5.41) is 12.6. The lowest BCUT2D eigenvalue weighted by Crippen LogP contribution is -1.94. The Balaban J connectivity index is 0.904. The summed E-state index contributed by atoms with van der Waals surface area (Å²) in [6.45, 7) is 0. The lowest BCUT2D eigenvalue weighted by atomic mass is 9.92. The molecule has 0 fully saturated rings. The average molecular weight is 788 g/mol. The van der Waals surface area contributed by atoms with E-state index < -0.39 is 0 Å². The molecule has 0 amide bonds. The zero-order chi connectivity index (χ0) is 40.7. The van der Waals surface area contributed by atoms with E-state index in [9.17, 15) is 0 Å². The summed E-state index contributed by atoms with van der Waals surface area (Å²) < 4.78 is 4.78. The van der Waals surface area contributed by atoms with E-state index >= 15 is 0 Å². The van der Waals surface area contributed by atoms with Crippen LogP contribution < -0.4 is 0 Å². The molecule has 0 aliphatic carbocycles. The van der Waals surface area contributed by atoms with Crippen molar-refractivity contribution in [2.24, 2.45) is 0 Å². The summed E-state index contributed by atoms with van der Waals surface area (Å²) >= 11 is 0. The van der Waals surface area contributed by atoms with Crippen LogP contribution >= 0.6 is 0 Å². The molecule has 0 bridgehead atoms. The molecule has 62 heavy (non-hydrogen) atoms. The van der Waals surface area contributed by atoms with Gasteiger partial charge >= 0.3 is 0 Å². The van der Waals surface area contributed by atoms with Gasteiger partial charge in [-0.15, -0.1) is 0 Å². The Kier molecular flexibility index (Phi) is 7.60. The molecule has 3 heteroatoms. The van der Waals surface area contributed by atoms with Crippen molar-refractivity contribution in [1.82, 2.24) is 14.1 Å². The second kappa shape index (κ2) is 13.6. The van der Waals surface area contributed by atoms with Crippen LogP contribution in [0.1, 0.15) is 0 Å². The maximum atomic E-state index is 4.80. The van der Waals surface area contributed by atoms with Gasteiger partial charge in [-0.3, -0.25) is 4.98 Å². The molecule has 13 rings (SSSR count). The molecular weight excluding hydrogens is 751 g/mol. The average Bonchev–Trinajstić information content (AvgIpc) is 3.86. The molecule has 0 spiro atoms. The molecular formula is C59H37N3. The smallest absolute Gasteiger partial charge is 0.0541 e. The summed E-state index contributed by atoms with van der Waals surface area (Å²) in [5.41, 5.74) is 13.9. The van der Waals surface area contributed by atoms with Crippen LogP contribution in [-0.2, 0) is 0 Å². The van der Waals surface area contributed by atoms with Crippen molar-refractivity contribution in [2.45, 2.75) is 0 Å². The van der Waals surface area contributed by atoms with E-state index in [1.165, 1.54) is 92.7 Å². The minimum absolute atomic E-state index is 1.08. The molecule has 3 nitrogen and oxygen atoms in total. The van der Waals surface area contributed by atoms with E-state index in [1.807, 2.05) is 12.4 Å². The van der Waals surface area contributed by atoms with Gasteiger partial charge < -0.3 is 9.13 Å². The Labute approximate surface area is 358 Å². The standard InChI is InChI=1S/C59H37N3/c1-2-14-44(15-3-1)61-56-23-10-8-21-51(56)54-34-39(26-29-58(54)61)40-27-30-59-55(35-40)52-22-9-11-24-57(52)62(59)45-16-12-13-38(32-45)42-31-43(37-60-36-42)41-25-28-50-48-19-5-4-17-46(48)47-18-6-7-20-49(47)53(50)33-41/h1-37H. The first-order valence-corrected chi connectivity index (χ1v) is 21.3. The number of fused-ring (bicyclic) bond motifs is 12. The van der Waals surface area contributed by atoms with Gasteiger partial charge in [-0.1, -0.05) is 140 Å². The van der Waals surface area contributed by atoms with Crippen molar-refractivity contribution in [1.29, 1.82) is 0 Å². The molecule has 0 N–H and O–H groups in total. The van der Waals surface area contributed by atoms with Crippen molar-refractivity contribution >= 4 is 75.9 Å². The van der Waals surface area contributed by atoms with Crippen LogP contribution in [0.2, 0.25) is 0 Å². The van der Waals surface area contributed by atoms with Crippen LogP contribution in [0, 0.1) is 0 Å². The number of nitrogens with zero attached hydrogens (tertiary/aromatic N) is 3. The number of rotatable bonds is 5. The van der Waals surface area contributed by atoms with Gasteiger partial charge in [0.15, 0.2) is 0 Å². The molecule has 0 radical (unpaired) electrons. The molecule has 288 valence electrons. The zero-order valence-electron chi connectivity index (χ0n) is 33.7. The van der Waals surface area contributed by atoms with Crippen molar-refractivity contribution in [3.63, 3.8) is 0 Å². The topological polar surface area (TPSA) is 22.8 Å². The van der Waals surface area contributed by atoms with Gasteiger partial charge in [0.2, 0.25) is 0 Å². The van der Waals surface area contributed by atoms with Crippen LogP contribution in [0.3, 0.4) is 0 Å². The third-order valence-corrected chi connectivity index (χ3v) is 12.9. The van der Waals surface area contributed by atoms with Crippen molar-refractivity contribution < 1.29 is 0 Å². The SMILES string of the molecule is c1ccc(-n2c3ccccc3c3cc(-c4ccc5c(c4)c4ccccc4n5-c4cccc(-c5cncc(-c6ccc7c8ccccc8c8ccccc8c7c6)c5)c4)ccc32)cc1. The van der Waals surface area contributed by atoms with E-state index in [1.54, 1.807) is 0 Å². The minimum atomic E-state index is 1.08. The Morgan fingerprint density at radius 1 is 0.226 bits per heavy atom. The predicted molar refractivity (Wildman–Crippen MR) is 262 cm³/mol. The Morgan fingerprint density at radius 2 is 0.629 bits per heavy atom. The Bertz CT molecular complexity index is 3890. The van der Waals surface area contributed by atoms with Gasteiger partial charge in [-0.2, -0.15) is 0 Å². The van der Waals surface area contributed by atoms with Gasteiger partial charge in [0, 0.05) is 56.4 Å². The fourth-order valence-corrected chi connectivity index (χ4v) is 10.1. The third kappa shape index (κ3) is 5.28. The van der Waals surface area contributed by atoms with Crippen molar-refractivity contribution in [3.05, 3.63) is 225 Å². The highest BCUT2D eigenvalue weighted by Gasteiger charge is 2.17. The Hall–Kier alpha value is -8.27. The third-order valence-electron chi connectivity index (χ3n) is 12.9. The van der Waals surface area contributed by atoms with E-state index in [-0.39, 0.29) is 0 Å². The second-order valence-electron chi connectivity index (χ2n) is 16.4. The molecule has 0 atom stereocenters. The summed E-state index contributed by atoms with van der Waals surface area (Å²) in [7, 11) is 0. The number of para-hydroxylation sites is 3. The summed E-state index contributed by atoms with van der Waals surface area (Å²) in [6, 6.07) is 77.6. The molecule has 0 aliphatic heterocycles. The molecule has 0 aliphatic rings. The number of hydrogen-bond acceptors (Lipinski definition) is 1. The van der Waals surface area contributed by atoms with Crippen LogP contribution in [0.5, 0.6) is 0 Å². The van der Waals surface area contributed by atoms with E-state index in [0.717, 1.165) is 27.9 Å². The predicted octanol–water partition coefficient (Wildman–Crippen LogP) is 15.7. The number of pyridine rings is 1. The maximum Gasteiger partial charge on any atom is 0.0541 e. The fraction of sp³-hybridized carbons (Fsp3) is 0. The first-order chi connectivity index (χ1) is 30.7. The minimum Gasteiger partial charge on any atom is -0.309 e. The van der Waals surface area contributed by atoms with Gasteiger partial charge in [0.05, 0.1) is 22.1 Å². The molecule has 0 saturated heterocycles. The van der Waals surface area contributed by atoms with Crippen LogP contribution in [0.4, 0.5) is 0 Å². The van der Waals surface area contributed by atoms with E-state index in [2.05, 4.69) is 221 Å². The van der Waals surface area contributed by atoms with Gasteiger partial charge in [-0.25, -0.2) is 0 Å². The Morgan fingerprint density at radius 3 is 1.23 bits per heavy atom. The lowest BCUT2D eigenvalue weighted by Gasteiger charge is -2.13. The maximum absolute atomic E-state index is 4.80. The van der Waals surface area contributed by atoms with E-state index in [0.29, 0.717) is 0 Å². The molecule has 0 saturated carbocycles. The molecule has 10 aromatic carbocycles. The van der Waals surface area contributed by atoms with Gasteiger partial charge in [-0.05, 0) is 127 Å². The zero-order valence-corrected chi connectivity index (χ0v) is 33.7. The lowest BCUT2D eigenvalue weighted by molar-refractivity contribution is 1.18. The normalized spacial score (nSPS) is 11.9. The number of aromatic nitrogens is 3. The highest BCUT2D eigenvalue weighted by Crippen LogP contribution is 2.40. The molecule has 0 unspecified atom stereocenters. The van der Waals surface area contributed by atoms with Gasteiger partial charge in [0.1, 0.15) is 0 Å². The monoisotopic (exact) mass is 787 g/mol. The highest BCUT2D eigenvalue weighted by molar-refractivity contribution is 6.25. The first kappa shape index (κ1) is 34.6. The molecule has 3 heterocycles. The molecule has 3 aromatic heterocycles. The largest absolute Gasteiger partial charge is 0.309 e. The quantitative estimate of drug-likeness (QED) is 0.159. The number of hydrogen-bond donors (Lipinski definition) is 0. The van der Waals surface area contributed by atoms with E-state index in [4.69, 9.17) is 4.98 Å². The van der Waals surface area contributed by atoms with Crippen molar-refractivity contribution in [3.8, 4) is 44.8 Å². The summed E-state index contributed by atoms with van der Waals surface area (Å²) in [6.07, 6.45) is 3.97. The van der Waals surface area contributed by atoms with Crippen LogP contribution in [0.25, 0.3) is 121 Å². The molecule has 13 aromatic rings. The highest BCUT2D eigenvalue weighted by atomic mass is 15.0. The van der Waals surface area contributed by atoms with Crippen LogP contribution in [0.15, 0.2) is 225 Å². The second-order valence-corrected chi connectivity index (χ2v) is 16.4. The summed E-state index contributed by atoms with van der Waals surface area (Å²) in [5.74, 6) is 0. The van der Waals surface area contributed by atoms with Crippen molar-refractivity contribution in [2.75, 3.05) is 0 Å². The number of benzene rings is 10. The summed E-state index contributed by atoms with van der Waals surface area (Å²) in [4.78, 5) is 4.80. The van der Waals surface area contributed by atoms with Crippen LogP contribution in [-0.4, -0.2) is 14.1 Å². The fourth-order valence-electron chi connectivity index (χ4n) is 10.1.